The molecule has 1 aliphatic heterocycles. The fourth-order valence-electron chi connectivity index (χ4n) is 3.84. The predicted molar refractivity (Wildman–Crippen MR) is 109 cm³/mol. The van der Waals surface area contributed by atoms with Crippen molar-refractivity contribution in [2.45, 2.75) is 25.8 Å². The SMILES string of the molecule is CC1CC(=O)N(C)c2ccc(NC(=O)Cn3c(=O)n(C)c4ccccc43)cc21. The molecule has 1 aromatic heterocycles. The highest BCUT2D eigenvalue weighted by Crippen LogP contribution is 2.36. The number of amides is 2. The Labute approximate surface area is 162 Å². The van der Waals surface area contributed by atoms with Crippen LogP contribution in [-0.2, 0) is 23.2 Å². The van der Waals surface area contributed by atoms with Crippen molar-refractivity contribution in [1.29, 1.82) is 0 Å². The summed E-state index contributed by atoms with van der Waals surface area (Å²) in [6.07, 6.45) is 0.451. The second kappa shape index (κ2) is 6.67. The number of hydrogen-bond acceptors (Lipinski definition) is 3. The van der Waals surface area contributed by atoms with Gasteiger partial charge < -0.3 is 10.2 Å². The number of benzene rings is 2. The predicted octanol–water partition coefficient (Wildman–Crippen LogP) is 2.45. The number of carbonyl (C=O) groups is 2. The number of aryl methyl sites for hydroxylation is 1. The molecule has 0 fully saturated rings. The van der Waals surface area contributed by atoms with E-state index >= 15 is 0 Å². The van der Waals surface area contributed by atoms with Crippen LogP contribution in [-0.4, -0.2) is 28.0 Å². The highest BCUT2D eigenvalue weighted by molar-refractivity contribution is 5.98. The third-order valence-corrected chi connectivity index (χ3v) is 5.41. The van der Waals surface area contributed by atoms with Crippen LogP contribution in [0.1, 0.15) is 24.8 Å². The smallest absolute Gasteiger partial charge is 0.325 e. The number of anilines is 2. The van der Waals surface area contributed by atoms with Gasteiger partial charge in [0.25, 0.3) is 0 Å². The summed E-state index contributed by atoms with van der Waals surface area (Å²) in [5, 5.41) is 2.88. The first kappa shape index (κ1) is 18.0. The molecule has 4 rings (SSSR count). The summed E-state index contributed by atoms with van der Waals surface area (Å²) >= 11 is 0. The van der Waals surface area contributed by atoms with E-state index < -0.39 is 0 Å². The number of aromatic nitrogens is 2. The zero-order valence-electron chi connectivity index (χ0n) is 16.1. The molecule has 2 amide bonds. The average molecular weight is 378 g/mol. The third kappa shape index (κ3) is 2.89. The molecular weight excluding hydrogens is 356 g/mol. The van der Waals surface area contributed by atoms with Crippen molar-refractivity contribution in [1.82, 2.24) is 9.13 Å². The third-order valence-electron chi connectivity index (χ3n) is 5.41. The Balaban J connectivity index is 1.59. The molecule has 2 heterocycles. The lowest BCUT2D eigenvalue weighted by molar-refractivity contribution is -0.119. The van der Waals surface area contributed by atoms with Gasteiger partial charge in [-0.1, -0.05) is 19.1 Å². The maximum atomic E-state index is 12.6. The summed E-state index contributed by atoms with van der Waals surface area (Å²) in [7, 11) is 3.46. The van der Waals surface area contributed by atoms with Crippen LogP contribution < -0.4 is 15.9 Å². The fourth-order valence-corrected chi connectivity index (χ4v) is 3.84. The Morgan fingerprint density at radius 3 is 2.57 bits per heavy atom. The van der Waals surface area contributed by atoms with Gasteiger partial charge in [0.2, 0.25) is 11.8 Å². The van der Waals surface area contributed by atoms with Crippen LogP contribution in [0.4, 0.5) is 11.4 Å². The van der Waals surface area contributed by atoms with Crippen molar-refractivity contribution in [3.63, 3.8) is 0 Å². The van der Waals surface area contributed by atoms with Crippen LogP contribution >= 0.6 is 0 Å². The number of hydrogen-bond donors (Lipinski definition) is 1. The van der Waals surface area contributed by atoms with Crippen molar-refractivity contribution in [2.24, 2.45) is 7.05 Å². The van der Waals surface area contributed by atoms with E-state index in [-0.39, 0.29) is 30.0 Å². The van der Waals surface area contributed by atoms with Gasteiger partial charge in [-0.25, -0.2) is 4.79 Å². The number of nitrogens with one attached hydrogen (secondary N) is 1. The number of carbonyl (C=O) groups excluding carboxylic acids is 2. The summed E-state index contributed by atoms with van der Waals surface area (Å²) in [6.45, 7) is 1.94. The van der Waals surface area contributed by atoms with Crippen LogP contribution in [0, 0.1) is 0 Å². The molecular formula is C21H22N4O3. The Bertz CT molecular complexity index is 1160. The van der Waals surface area contributed by atoms with E-state index in [9.17, 15) is 14.4 Å². The normalized spacial score (nSPS) is 16.3. The maximum absolute atomic E-state index is 12.6. The van der Waals surface area contributed by atoms with E-state index in [2.05, 4.69) is 5.32 Å². The van der Waals surface area contributed by atoms with Crippen molar-refractivity contribution in [2.75, 3.05) is 17.3 Å². The first-order valence-electron chi connectivity index (χ1n) is 9.21. The number of nitrogens with zero attached hydrogens (tertiary/aromatic N) is 3. The van der Waals surface area contributed by atoms with Gasteiger partial charge in [-0.2, -0.15) is 0 Å². The van der Waals surface area contributed by atoms with Crippen LogP contribution in [0.25, 0.3) is 11.0 Å². The molecule has 7 heteroatoms. The number of para-hydroxylation sites is 2. The van der Waals surface area contributed by atoms with Gasteiger partial charge in [-0.3, -0.25) is 18.7 Å². The van der Waals surface area contributed by atoms with Crippen molar-refractivity contribution >= 4 is 34.2 Å². The fraction of sp³-hybridized carbons (Fsp3) is 0.286. The van der Waals surface area contributed by atoms with Crippen molar-refractivity contribution in [3.05, 3.63) is 58.5 Å². The van der Waals surface area contributed by atoms with Crippen LogP contribution in [0.2, 0.25) is 0 Å². The summed E-state index contributed by atoms with van der Waals surface area (Å²) < 4.78 is 3.01. The first-order chi connectivity index (χ1) is 13.4. The van der Waals surface area contributed by atoms with Gasteiger partial charge in [-0.05, 0) is 41.8 Å². The molecule has 0 saturated carbocycles. The zero-order valence-corrected chi connectivity index (χ0v) is 16.1. The van der Waals surface area contributed by atoms with E-state index in [1.807, 2.05) is 43.3 Å². The molecule has 144 valence electrons. The second-order valence-corrected chi connectivity index (χ2v) is 7.30. The Morgan fingerprint density at radius 1 is 1.11 bits per heavy atom. The summed E-state index contributed by atoms with van der Waals surface area (Å²) in [5.74, 6) is -0.0883. The number of rotatable bonds is 3. The lowest BCUT2D eigenvalue weighted by Crippen LogP contribution is -2.32. The monoisotopic (exact) mass is 378 g/mol. The molecule has 0 spiro atoms. The highest BCUT2D eigenvalue weighted by Gasteiger charge is 2.26. The average Bonchev–Trinajstić information content (AvgIpc) is 2.91. The van der Waals surface area contributed by atoms with Crippen LogP contribution in [0.15, 0.2) is 47.3 Å². The molecule has 0 radical (unpaired) electrons. The quantitative estimate of drug-likeness (QED) is 0.761. The minimum atomic E-state index is -0.272. The molecule has 1 N–H and O–H groups in total. The van der Waals surface area contributed by atoms with E-state index in [0.29, 0.717) is 12.1 Å². The Morgan fingerprint density at radius 2 is 1.82 bits per heavy atom. The molecule has 2 aromatic carbocycles. The second-order valence-electron chi connectivity index (χ2n) is 7.30. The van der Waals surface area contributed by atoms with Gasteiger partial charge in [0, 0.05) is 31.9 Å². The minimum Gasteiger partial charge on any atom is -0.325 e. The van der Waals surface area contributed by atoms with Gasteiger partial charge in [0.15, 0.2) is 0 Å². The Kier molecular flexibility index (Phi) is 4.30. The highest BCUT2D eigenvalue weighted by atomic mass is 16.2. The molecule has 0 bridgehead atoms. The van der Waals surface area contributed by atoms with E-state index in [0.717, 1.165) is 22.3 Å². The molecule has 1 unspecified atom stereocenters. The van der Waals surface area contributed by atoms with Crippen molar-refractivity contribution in [3.8, 4) is 0 Å². The molecule has 3 aromatic rings. The van der Waals surface area contributed by atoms with E-state index in [4.69, 9.17) is 0 Å². The number of fused-ring (bicyclic) bond motifs is 2. The zero-order chi connectivity index (χ0) is 20.0. The van der Waals surface area contributed by atoms with Gasteiger partial charge in [-0.15, -0.1) is 0 Å². The summed E-state index contributed by atoms with van der Waals surface area (Å²) in [6, 6.07) is 12.9. The van der Waals surface area contributed by atoms with E-state index in [1.54, 1.807) is 25.1 Å². The Hall–Kier alpha value is -3.35. The van der Waals surface area contributed by atoms with Crippen LogP contribution in [0.5, 0.6) is 0 Å². The molecule has 1 aliphatic rings. The van der Waals surface area contributed by atoms with Crippen LogP contribution in [0.3, 0.4) is 0 Å². The standard InChI is InChI=1S/C21H22N4O3/c1-13-10-20(27)23(2)16-9-8-14(11-15(13)16)22-19(26)12-25-18-7-5-4-6-17(18)24(3)21(25)28/h4-9,11,13H,10,12H2,1-3H3,(H,22,26). The molecule has 28 heavy (non-hydrogen) atoms. The molecule has 1 atom stereocenters. The molecule has 0 saturated heterocycles. The summed E-state index contributed by atoms with van der Waals surface area (Å²) in [5.41, 5.74) is 3.84. The molecule has 7 nitrogen and oxygen atoms in total. The first-order valence-corrected chi connectivity index (χ1v) is 9.21. The lowest BCUT2D eigenvalue weighted by Gasteiger charge is -2.30. The lowest BCUT2D eigenvalue weighted by atomic mass is 9.91. The van der Waals surface area contributed by atoms with Crippen molar-refractivity contribution < 1.29 is 9.59 Å². The largest absolute Gasteiger partial charge is 0.329 e. The number of imidazole rings is 1. The van der Waals surface area contributed by atoms with Gasteiger partial charge in [0.1, 0.15) is 6.54 Å². The summed E-state index contributed by atoms with van der Waals surface area (Å²) in [4.78, 5) is 38.7. The molecule has 0 aliphatic carbocycles. The van der Waals surface area contributed by atoms with E-state index in [1.165, 1.54) is 9.13 Å². The topological polar surface area (TPSA) is 76.3 Å². The maximum Gasteiger partial charge on any atom is 0.329 e. The van der Waals surface area contributed by atoms with Gasteiger partial charge >= 0.3 is 5.69 Å². The van der Waals surface area contributed by atoms with Gasteiger partial charge in [0.05, 0.1) is 11.0 Å². The minimum absolute atomic E-state index is 0.0643.